The molecule has 1 saturated heterocycles. The highest BCUT2D eigenvalue weighted by molar-refractivity contribution is 6.04. The number of carbonyl (C=O) groups is 2. The topological polar surface area (TPSA) is 79.5 Å². The van der Waals surface area contributed by atoms with Crippen molar-refractivity contribution in [2.45, 2.75) is 32.4 Å². The third-order valence-corrected chi connectivity index (χ3v) is 4.33. The van der Waals surface area contributed by atoms with Crippen LogP contribution in [0.15, 0.2) is 18.2 Å². The Labute approximate surface area is 141 Å². The Morgan fingerprint density at radius 2 is 2.13 bits per heavy atom. The van der Waals surface area contributed by atoms with E-state index in [0.29, 0.717) is 22.9 Å². The van der Waals surface area contributed by atoms with E-state index in [-0.39, 0.29) is 30.3 Å². The molecule has 2 aliphatic rings. The van der Waals surface area contributed by atoms with E-state index in [4.69, 9.17) is 4.74 Å². The molecule has 1 aromatic rings. The fraction of sp³-hybridized carbons (Fsp3) is 0.500. The van der Waals surface area contributed by atoms with Crippen molar-refractivity contribution in [2.24, 2.45) is 5.92 Å². The van der Waals surface area contributed by atoms with Crippen LogP contribution < -0.4 is 20.7 Å². The van der Waals surface area contributed by atoms with Gasteiger partial charge in [0.1, 0.15) is 0 Å². The monoisotopic (exact) mass is 339 g/mol. The number of nitrogens with one attached hydrogen (secondary N) is 3. The third kappa shape index (κ3) is 3.59. The number of piperidine rings is 1. The fourth-order valence-electron chi connectivity index (χ4n) is 2.83. The van der Waals surface area contributed by atoms with Crippen LogP contribution in [0.2, 0.25) is 0 Å². The average Bonchev–Trinajstić information content (AvgIpc) is 2.50. The lowest BCUT2D eigenvalue weighted by atomic mass is 9.94. The van der Waals surface area contributed by atoms with Gasteiger partial charge in [0.05, 0.1) is 11.3 Å². The average molecular weight is 340 g/mol. The third-order valence-electron chi connectivity index (χ3n) is 4.33. The number of para-hydroxylation sites is 1. The van der Waals surface area contributed by atoms with E-state index in [1.54, 1.807) is 25.1 Å². The second-order valence-electron chi connectivity index (χ2n) is 5.98. The lowest BCUT2D eigenvalue weighted by Crippen LogP contribution is -2.50. The van der Waals surface area contributed by atoms with Gasteiger partial charge in [-0.15, -0.1) is 12.4 Å². The molecule has 1 aromatic carbocycles. The van der Waals surface area contributed by atoms with Crippen LogP contribution in [0, 0.1) is 5.92 Å². The second kappa shape index (κ2) is 7.19. The summed E-state index contributed by atoms with van der Waals surface area (Å²) in [5.41, 5.74) is 1.01. The zero-order chi connectivity index (χ0) is 15.7. The van der Waals surface area contributed by atoms with Gasteiger partial charge in [-0.05, 0) is 37.9 Å². The van der Waals surface area contributed by atoms with Gasteiger partial charge in [0.25, 0.3) is 11.8 Å². The van der Waals surface area contributed by atoms with Crippen molar-refractivity contribution in [3.05, 3.63) is 23.8 Å². The number of fused-ring (bicyclic) bond motifs is 1. The molecule has 1 fully saturated rings. The Morgan fingerprint density at radius 3 is 2.87 bits per heavy atom. The number of anilines is 1. The molecule has 0 spiro atoms. The molecule has 0 bridgehead atoms. The Balaban J connectivity index is 0.00000192. The highest BCUT2D eigenvalue weighted by Crippen LogP contribution is 2.33. The molecule has 7 heteroatoms. The standard InChI is InChI=1S/C16H21N3O3.ClH/c1-9-6-7-17-8-13(9)19-16(21)11-4-3-5-12-14(11)22-10(2)15(20)18-12;/h3-5,9-10,13,17H,6-8H2,1-2H3,(H,18,20)(H,19,21);1H. The Hall–Kier alpha value is -1.79. The summed E-state index contributed by atoms with van der Waals surface area (Å²) >= 11 is 0. The molecule has 23 heavy (non-hydrogen) atoms. The van der Waals surface area contributed by atoms with Gasteiger partial charge in [0.15, 0.2) is 11.9 Å². The molecule has 0 radical (unpaired) electrons. The van der Waals surface area contributed by atoms with Crippen LogP contribution in [0.5, 0.6) is 5.75 Å². The minimum atomic E-state index is -0.600. The molecule has 2 heterocycles. The highest BCUT2D eigenvalue weighted by Gasteiger charge is 2.29. The number of amides is 2. The van der Waals surface area contributed by atoms with Crippen molar-refractivity contribution in [3.63, 3.8) is 0 Å². The summed E-state index contributed by atoms with van der Waals surface area (Å²) in [5, 5.41) is 9.12. The van der Waals surface area contributed by atoms with Gasteiger partial charge in [-0.25, -0.2) is 0 Å². The van der Waals surface area contributed by atoms with E-state index in [2.05, 4.69) is 22.9 Å². The first-order valence-corrected chi connectivity index (χ1v) is 7.68. The van der Waals surface area contributed by atoms with Crippen LogP contribution in [0.4, 0.5) is 5.69 Å². The van der Waals surface area contributed by atoms with Crippen molar-refractivity contribution in [2.75, 3.05) is 18.4 Å². The van der Waals surface area contributed by atoms with Crippen LogP contribution in [-0.4, -0.2) is 37.0 Å². The van der Waals surface area contributed by atoms with Gasteiger partial charge < -0.3 is 20.7 Å². The number of ether oxygens (including phenoxy) is 1. The molecular weight excluding hydrogens is 318 g/mol. The lowest BCUT2D eigenvalue weighted by Gasteiger charge is -2.31. The molecule has 2 amide bonds. The van der Waals surface area contributed by atoms with Crippen LogP contribution in [0.25, 0.3) is 0 Å². The summed E-state index contributed by atoms with van der Waals surface area (Å²) in [4.78, 5) is 24.2. The Kier molecular flexibility index (Phi) is 5.49. The van der Waals surface area contributed by atoms with Crippen molar-refractivity contribution in [1.82, 2.24) is 10.6 Å². The summed E-state index contributed by atoms with van der Waals surface area (Å²) < 4.78 is 5.62. The molecule has 3 unspecified atom stereocenters. The van der Waals surface area contributed by atoms with E-state index in [1.807, 2.05) is 0 Å². The normalized spacial score (nSPS) is 26.2. The second-order valence-corrected chi connectivity index (χ2v) is 5.98. The quantitative estimate of drug-likeness (QED) is 0.764. The van der Waals surface area contributed by atoms with Gasteiger partial charge in [-0.3, -0.25) is 9.59 Å². The van der Waals surface area contributed by atoms with Crippen molar-refractivity contribution in [3.8, 4) is 5.75 Å². The lowest BCUT2D eigenvalue weighted by molar-refractivity contribution is -0.122. The first-order chi connectivity index (χ1) is 10.6. The van der Waals surface area contributed by atoms with Gasteiger partial charge in [0, 0.05) is 12.6 Å². The number of hydrogen-bond donors (Lipinski definition) is 3. The minimum Gasteiger partial charge on any atom is -0.478 e. The van der Waals surface area contributed by atoms with E-state index in [0.717, 1.165) is 19.5 Å². The van der Waals surface area contributed by atoms with Crippen LogP contribution in [-0.2, 0) is 4.79 Å². The molecular formula is C16H22ClN3O3. The molecule has 6 nitrogen and oxygen atoms in total. The molecule has 0 saturated carbocycles. The minimum absolute atomic E-state index is 0. The van der Waals surface area contributed by atoms with E-state index < -0.39 is 6.10 Å². The smallest absolute Gasteiger partial charge is 0.265 e. The van der Waals surface area contributed by atoms with Gasteiger partial charge in [-0.1, -0.05) is 13.0 Å². The number of hydrogen-bond acceptors (Lipinski definition) is 4. The van der Waals surface area contributed by atoms with Crippen LogP contribution in [0.1, 0.15) is 30.6 Å². The van der Waals surface area contributed by atoms with E-state index in [1.165, 1.54) is 0 Å². The first-order valence-electron chi connectivity index (χ1n) is 7.68. The summed E-state index contributed by atoms with van der Waals surface area (Å²) in [6, 6.07) is 5.31. The van der Waals surface area contributed by atoms with Crippen LogP contribution in [0.3, 0.4) is 0 Å². The van der Waals surface area contributed by atoms with Crippen molar-refractivity contribution >= 4 is 29.9 Å². The number of carbonyl (C=O) groups excluding carboxylic acids is 2. The number of benzene rings is 1. The number of rotatable bonds is 2. The van der Waals surface area contributed by atoms with Crippen LogP contribution >= 0.6 is 12.4 Å². The zero-order valence-electron chi connectivity index (χ0n) is 13.2. The largest absolute Gasteiger partial charge is 0.478 e. The van der Waals surface area contributed by atoms with E-state index in [9.17, 15) is 9.59 Å². The predicted molar refractivity (Wildman–Crippen MR) is 90.3 cm³/mol. The Morgan fingerprint density at radius 1 is 1.35 bits per heavy atom. The maximum atomic E-state index is 12.6. The van der Waals surface area contributed by atoms with Gasteiger partial charge in [-0.2, -0.15) is 0 Å². The summed E-state index contributed by atoms with van der Waals surface area (Å²) in [6.07, 6.45) is 0.443. The molecule has 126 valence electrons. The summed E-state index contributed by atoms with van der Waals surface area (Å²) in [6.45, 7) is 5.57. The van der Waals surface area contributed by atoms with Crippen molar-refractivity contribution in [1.29, 1.82) is 0 Å². The molecule has 0 aliphatic carbocycles. The maximum absolute atomic E-state index is 12.6. The van der Waals surface area contributed by atoms with Crippen molar-refractivity contribution < 1.29 is 14.3 Å². The molecule has 0 aromatic heterocycles. The van der Waals surface area contributed by atoms with Gasteiger partial charge >= 0.3 is 0 Å². The maximum Gasteiger partial charge on any atom is 0.265 e. The number of halogens is 1. The fourth-order valence-corrected chi connectivity index (χ4v) is 2.83. The van der Waals surface area contributed by atoms with E-state index >= 15 is 0 Å². The van der Waals surface area contributed by atoms with Gasteiger partial charge in [0.2, 0.25) is 0 Å². The summed E-state index contributed by atoms with van der Waals surface area (Å²) in [7, 11) is 0. The SMILES string of the molecule is CC1Oc2c(cccc2C(=O)NC2CNCCC2C)NC1=O.Cl. The molecule has 3 rings (SSSR count). The zero-order valence-corrected chi connectivity index (χ0v) is 14.0. The molecule has 3 atom stereocenters. The Bertz CT molecular complexity index is 608. The predicted octanol–water partition coefficient (Wildman–Crippen LogP) is 1.56. The molecule has 2 aliphatic heterocycles. The summed E-state index contributed by atoms with van der Waals surface area (Å²) in [5.74, 6) is 0.517. The molecule has 3 N–H and O–H groups in total. The highest BCUT2D eigenvalue weighted by atomic mass is 35.5. The first kappa shape index (κ1) is 17.6.